The summed E-state index contributed by atoms with van der Waals surface area (Å²) in [7, 11) is -3.93. The SMILES string of the molecule is CCOP(=O)(OCC)N(c1cccnc1)c1nc(/C=C/c2ccc(N)o2)nc2cc(F)ccc12. The lowest BCUT2D eigenvalue weighted by Crippen LogP contribution is -2.20. The standard InChI is InChI=1S/C23H23FN5O4P/c1-3-31-34(30,32-4-2)29(17-6-5-13-26-15-17)23-19-10-7-16(24)14-20(19)27-22(28-23)12-9-18-8-11-21(25)33-18/h5-15H,3-4,25H2,1-2H3/b12-9+. The zero-order chi connectivity index (χ0) is 24.1. The third-order valence-corrected chi connectivity index (χ3v) is 6.70. The van der Waals surface area contributed by atoms with E-state index in [9.17, 15) is 8.96 Å². The molecule has 3 aromatic heterocycles. The van der Waals surface area contributed by atoms with Crippen molar-refractivity contribution in [2.45, 2.75) is 13.8 Å². The number of halogens is 1. The number of rotatable bonds is 9. The minimum Gasteiger partial charge on any atom is -0.442 e. The monoisotopic (exact) mass is 483 g/mol. The highest BCUT2D eigenvalue weighted by molar-refractivity contribution is 7.56. The molecule has 0 amide bonds. The van der Waals surface area contributed by atoms with E-state index in [0.717, 1.165) is 0 Å². The van der Waals surface area contributed by atoms with E-state index in [1.807, 2.05) is 0 Å². The van der Waals surface area contributed by atoms with Gasteiger partial charge in [-0.2, -0.15) is 0 Å². The van der Waals surface area contributed by atoms with Crippen LogP contribution in [0.4, 0.5) is 21.8 Å². The van der Waals surface area contributed by atoms with Gasteiger partial charge in [0.05, 0.1) is 30.6 Å². The molecule has 4 aromatic rings. The second-order valence-electron chi connectivity index (χ2n) is 6.97. The summed E-state index contributed by atoms with van der Waals surface area (Å²) in [6.45, 7) is 3.67. The van der Waals surface area contributed by atoms with Crippen LogP contribution in [0.15, 0.2) is 59.3 Å². The number of hydrogen-bond donors (Lipinski definition) is 1. The number of furan rings is 1. The van der Waals surface area contributed by atoms with Crippen molar-refractivity contribution in [1.82, 2.24) is 15.0 Å². The van der Waals surface area contributed by atoms with Crippen LogP contribution in [-0.2, 0) is 13.6 Å². The fourth-order valence-corrected chi connectivity index (χ4v) is 5.04. The smallest absolute Gasteiger partial charge is 0.441 e. The Hall–Kier alpha value is -3.59. The zero-order valence-electron chi connectivity index (χ0n) is 18.6. The average molecular weight is 483 g/mol. The highest BCUT2D eigenvalue weighted by atomic mass is 31.2. The molecule has 34 heavy (non-hydrogen) atoms. The van der Waals surface area contributed by atoms with Gasteiger partial charge in [-0.1, -0.05) is 0 Å². The summed E-state index contributed by atoms with van der Waals surface area (Å²) in [5.41, 5.74) is 6.35. The molecule has 2 N–H and O–H groups in total. The average Bonchev–Trinajstić information content (AvgIpc) is 3.23. The Labute approximate surface area is 195 Å². The van der Waals surface area contributed by atoms with E-state index in [1.54, 1.807) is 56.5 Å². The van der Waals surface area contributed by atoms with Gasteiger partial charge in [0.2, 0.25) is 0 Å². The van der Waals surface area contributed by atoms with Crippen molar-refractivity contribution in [3.63, 3.8) is 0 Å². The van der Waals surface area contributed by atoms with Crippen molar-refractivity contribution in [2.75, 3.05) is 23.6 Å². The fourth-order valence-electron chi connectivity index (χ4n) is 3.29. The van der Waals surface area contributed by atoms with Crippen LogP contribution in [0.2, 0.25) is 0 Å². The van der Waals surface area contributed by atoms with Crippen molar-refractivity contribution in [3.8, 4) is 0 Å². The molecule has 4 rings (SSSR count). The number of nitrogen functional groups attached to an aromatic ring is 1. The highest BCUT2D eigenvalue weighted by Gasteiger charge is 2.37. The minimum atomic E-state index is -3.93. The van der Waals surface area contributed by atoms with Crippen LogP contribution in [0.3, 0.4) is 0 Å². The molecule has 0 aliphatic rings. The van der Waals surface area contributed by atoms with E-state index in [2.05, 4.69) is 15.0 Å². The van der Waals surface area contributed by atoms with E-state index in [0.29, 0.717) is 22.4 Å². The zero-order valence-corrected chi connectivity index (χ0v) is 19.5. The van der Waals surface area contributed by atoms with Gasteiger partial charge < -0.3 is 10.2 Å². The molecular formula is C23H23FN5O4P. The van der Waals surface area contributed by atoms with Crippen molar-refractivity contribution >= 4 is 48.2 Å². The van der Waals surface area contributed by atoms with Crippen LogP contribution in [0.5, 0.6) is 0 Å². The van der Waals surface area contributed by atoms with Crippen LogP contribution in [0, 0.1) is 5.82 Å². The number of benzene rings is 1. The predicted octanol–water partition coefficient (Wildman–Crippen LogP) is 5.83. The van der Waals surface area contributed by atoms with E-state index in [1.165, 1.54) is 29.1 Å². The Balaban J connectivity index is 1.95. The first-order chi connectivity index (χ1) is 16.4. The molecule has 1 aromatic carbocycles. The second kappa shape index (κ2) is 10.1. The van der Waals surface area contributed by atoms with Crippen LogP contribution < -0.4 is 10.4 Å². The number of nitrogens with two attached hydrogens (primary N) is 1. The summed E-state index contributed by atoms with van der Waals surface area (Å²) >= 11 is 0. The molecule has 0 saturated heterocycles. The topological polar surface area (TPSA) is 117 Å². The van der Waals surface area contributed by atoms with Crippen molar-refractivity contribution in [2.24, 2.45) is 0 Å². The highest BCUT2D eigenvalue weighted by Crippen LogP contribution is 2.58. The Morgan fingerprint density at radius 1 is 1.12 bits per heavy atom. The van der Waals surface area contributed by atoms with Gasteiger partial charge in [0.15, 0.2) is 17.5 Å². The van der Waals surface area contributed by atoms with E-state index in [4.69, 9.17) is 19.2 Å². The number of aromatic nitrogens is 3. The molecular weight excluding hydrogens is 460 g/mol. The molecule has 0 fully saturated rings. The molecule has 9 nitrogen and oxygen atoms in total. The summed E-state index contributed by atoms with van der Waals surface area (Å²) in [6.07, 6.45) is 6.31. The summed E-state index contributed by atoms with van der Waals surface area (Å²) in [4.78, 5) is 13.2. The largest absolute Gasteiger partial charge is 0.442 e. The lowest BCUT2D eigenvalue weighted by Gasteiger charge is -2.31. The first kappa shape index (κ1) is 23.6. The molecule has 11 heteroatoms. The second-order valence-corrected chi connectivity index (χ2v) is 8.82. The predicted molar refractivity (Wildman–Crippen MR) is 129 cm³/mol. The molecule has 176 valence electrons. The molecule has 0 atom stereocenters. The van der Waals surface area contributed by atoms with E-state index >= 15 is 0 Å². The first-order valence-electron chi connectivity index (χ1n) is 10.5. The van der Waals surface area contributed by atoms with Crippen LogP contribution in [-0.4, -0.2) is 28.2 Å². The minimum absolute atomic E-state index is 0.123. The summed E-state index contributed by atoms with van der Waals surface area (Å²) in [6, 6.07) is 10.8. The van der Waals surface area contributed by atoms with Crippen molar-refractivity contribution in [3.05, 3.63) is 72.3 Å². The van der Waals surface area contributed by atoms with Crippen molar-refractivity contribution < 1.29 is 22.4 Å². The van der Waals surface area contributed by atoms with Crippen molar-refractivity contribution in [1.29, 1.82) is 0 Å². The van der Waals surface area contributed by atoms with Crippen LogP contribution in [0.1, 0.15) is 25.4 Å². The van der Waals surface area contributed by atoms with Gasteiger partial charge in [0.1, 0.15) is 11.6 Å². The maximum Gasteiger partial charge on any atom is 0.441 e. The van der Waals surface area contributed by atoms with Gasteiger partial charge in [0.25, 0.3) is 0 Å². The molecule has 0 aliphatic heterocycles. The Morgan fingerprint density at radius 2 is 1.91 bits per heavy atom. The number of nitrogens with zero attached hydrogens (tertiary/aromatic N) is 4. The first-order valence-corrected chi connectivity index (χ1v) is 12.0. The Morgan fingerprint density at radius 3 is 2.56 bits per heavy atom. The molecule has 0 spiro atoms. The lowest BCUT2D eigenvalue weighted by molar-refractivity contribution is 0.220. The van der Waals surface area contributed by atoms with Crippen LogP contribution in [0.25, 0.3) is 23.1 Å². The lowest BCUT2D eigenvalue weighted by atomic mass is 10.2. The van der Waals surface area contributed by atoms with Gasteiger partial charge >= 0.3 is 7.75 Å². The van der Waals surface area contributed by atoms with Crippen LogP contribution >= 0.6 is 7.75 Å². The van der Waals surface area contributed by atoms with Gasteiger partial charge in [-0.05, 0) is 56.3 Å². The van der Waals surface area contributed by atoms with E-state index < -0.39 is 13.6 Å². The molecule has 0 saturated carbocycles. The number of pyridine rings is 1. The number of hydrogen-bond acceptors (Lipinski definition) is 8. The molecule has 3 heterocycles. The van der Waals surface area contributed by atoms with Gasteiger partial charge in [-0.3, -0.25) is 14.0 Å². The summed E-state index contributed by atoms with van der Waals surface area (Å²) in [5, 5.41) is 0.448. The maximum absolute atomic E-state index is 14.1. The Kier molecular flexibility index (Phi) is 7.02. The van der Waals surface area contributed by atoms with Gasteiger partial charge in [0, 0.05) is 23.7 Å². The summed E-state index contributed by atoms with van der Waals surface area (Å²) < 4.78 is 46.1. The molecule has 0 bridgehead atoms. The molecule has 0 radical (unpaired) electrons. The number of anilines is 3. The molecule has 0 unspecified atom stereocenters. The maximum atomic E-state index is 14.1. The third-order valence-electron chi connectivity index (χ3n) is 4.62. The third kappa shape index (κ3) is 4.99. The fraction of sp³-hybridized carbons (Fsp3) is 0.174. The number of fused-ring (bicyclic) bond motifs is 1. The van der Waals surface area contributed by atoms with E-state index in [-0.39, 0.29) is 30.7 Å². The van der Waals surface area contributed by atoms with Gasteiger partial charge in [-0.15, -0.1) is 0 Å². The Bertz CT molecular complexity index is 1350. The summed E-state index contributed by atoms with van der Waals surface area (Å²) in [5.74, 6) is 0.703. The molecule has 0 aliphatic carbocycles. The normalized spacial score (nSPS) is 12.0. The quantitative estimate of drug-likeness (QED) is 0.294. The van der Waals surface area contributed by atoms with Gasteiger partial charge in [-0.25, -0.2) is 23.6 Å².